The summed E-state index contributed by atoms with van der Waals surface area (Å²) in [5.74, 6) is 3.62. The van der Waals surface area contributed by atoms with Crippen molar-refractivity contribution < 1.29 is 4.79 Å². The van der Waals surface area contributed by atoms with Crippen molar-refractivity contribution >= 4 is 6.41 Å². The fraction of sp³-hybridized carbons (Fsp3) is 0.719. The molecule has 0 aliphatic heterocycles. The summed E-state index contributed by atoms with van der Waals surface area (Å²) < 4.78 is 0. The average Bonchev–Trinajstić information content (AvgIpc) is 3.23. The van der Waals surface area contributed by atoms with Crippen LogP contribution >= 0.6 is 0 Å². The van der Waals surface area contributed by atoms with Crippen molar-refractivity contribution in [2.75, 3.05) is 6.54 Å². The lowest BCUT2D eigenvalue weighted by Gasteiger charge is -2.64. The predicted molar refractivity (Wildman–Crippen MR) is 144 cm³/mol. The summed E-state index contributed by atoms with van der Waals surface area (Å²) in [5, 5.41) is 2.91. The fourth-order valence-electron chi connectivity index (χ4n) is 9.65. The monoisotopic (exact) mass is 463 g/mol. The Hall–Kier alpha value is -1.57. The van der Waals surface area contributed by atoms with E-state index in [1.165, 1.54) is 62.5 Å². The molecule has 4 rings (SSSR count). The van der Waals surface area contributed by atoms with Crippen molar-refractivity contribution in [3.05, 3.63) is 48.1 Å². The van der Waals surface area contributed by atoms with Crippen LogP contribution in [0.4, 0.5) is 0 Å². The molecule has 0 radical (unpaired) electrons. The number of allylic oxidation sites excluding steroid dienone is 5. The molecule has 8 atom stereocenters. The predicted octanol–water partition coefficient (Wildman–Crippen LogP) is 8.03. The molecule has 2 heteroatoms. The van der Waals surface area contributed by atoms with Crippen LogP contribution in [0.3, 0.4) is 0 Å². The van der Waals surface area contributed by atoms with Gasteiger partial charge in [-0.1, -0.05) is 90.0 Å². The Balaban J connectivity index is 1.69. The third-order valence-corrected chi connectivity index (χ3v) is 11.3. The Morgan fingerprint density at radius 1 is 1.24 bits per heavy atom. The van der Waals surface area contributed by atoms with Gasteiger partial charge in [0.2, 0.25) is 6.41 Å². The van der Waals surface area contributed by atoms with Gasteiger partial charge in [0, 0.05) is 12.0 Å². The zero-order chi connectivity index (χ0) is 24.7. The lowest BCUT2D eigenvalue weighted by molar-refractivity contribution is -0.115. The highest BCUT2D eigenvalue weighted by Crippen LogP contribution is 2.70. The van der Waals surface area contributed by atoms with Gasteiger partial charge in [-0.3, -0.25) is 4.79 Å². The maximum atomic E-state index is 11.0. The first kappa shape index (κ1) is 25.5. The van der Waals surface area contributed by atoms with E-state index >= 15 is 0 Å². The minimum absolute atomic E-state index is 0.178. The highest BCUT2D eigenvalue weighted by molar-refractivity contribution is 5.46. The minimum atomic E-state index is 0.178. The van der Waals surface area contributed by atoms with Crippen LogP contribution in [-0.2, 0) is 4.79 Å². The van der Waals surface area contributed by atoms with Gasteiger partial charge in [-0.2, -0.15) is 0 Å². The fourth-order valence-corrected chi connectivity index (χ4v) is 9.65. The molecule has 0 aromatic rings. The molecule has 3 fully saturated rings. The maximum Gasteiger partial charge on any atom is 0.207 e. The zero-order valence-corrected chi connectivity index (χ0v) is 22.6. The summed E-state index contributed by atoms with van der Waals surface area (Å²) in [5.41, 5.74) is 4.83. The second kappa shape index (κ2) is 9.47. The van der Waals surface area contributed by atoms with Crippen molar-refractivity contribution in [3.63, 3.8) is 0 Å². The van der Waals surface area contributed by atoms with E-state index in [0.29, 0.717) is 17.8 Å². The highest BCUT2D eigenvalue weighted by atomic mass is 16.1. The molecule has 0 aromatic heterocycles. The van der Waals surface area contributed by atoms with Crippen molar-refractivity contribution in [2.24, 2.45) is 45.8 Å². The Bertz CT molecular complexity index is 881. The van der Waals surface area contributed by atoms with Crippen molar-refractivity contribution in [2.45, 2.75) is 92.4 Å². The van der Waals surface area contributed by atoms with E-state index in [1.807, 2.05) is 0 Å². The maximum absolute atomic E-state index is 11.0. The summed E-state index contributed by atoms with van der Waals surface area (Å²) in [6.07, 6.45) is 19.3. The van der Waals surface area contributed by atoms with Gasteiger partial charge < -0.3 is 5.32 Å². The average molecular weight is 464 g/mol. The van der Waals surface area contributed by atoms with E-state index in [-0.39, 0.29) is 16.2 Å². The molecular formula is C32H49NO. The van der Waals surface area contributed by atoms with Gasteiger partial charge in [0.1, 0.15) is 0 Å². The van der Waals surface area contributed by atoms with Crippen LogP contribution in [0.2, 0.25) is 0 Å². The normalized spacial score (nSPS) is 43.6. The molecule has 3 saturated carbocycles. The number of amides is 1. The summed E-state index contributed by atoms with van der Waals surface area (Å²) >= 11 is 0. The van der Waals surface area contributed by atoms with Crippen molar-refractivity contribution in [1.82, 2.24) is 5.32 Å². The van der Waals surface area contributed by atoms with Gasteiger partial charge in [0.15, 0.2) is 0 Å². The number of carbonyl (C=O) groups is 1. The van der Waals surface area contributed by atoms with Gasteiger partial charge in [-0.15, -0.1) is 0 Å². The molecule has 1 N–H and O–H groups in total. The Kier molecular flexibility index (Phi) is 7.11. The molecule has 0 aromatic carbocycles. The van der Waals surface area contributed by atoms with E-state index in [9.17, 15) is 4.79 Å². The van der Waals surface area contributed by atoms with E-state index in [2.05, 4.69) is 64.7 Å². The van der Waals surface area contributed by atoms with Gasteiger partial charge >= 0.3 is 0 Å². The second-order valence-corrected chi connectivity index (χ2v) is 12.9. The molecule has 4 aliphatic carbocycles. The third-order valence-electron chi connectivity index (χ3n) is 11.3. The van der Waals surface area contributed by atoms with Crippen LogP contribution in [0.15, 0.2) is 48.1 Å². The molecule has 2 nitrogen and oxygen atoms in total. The first-order valence-corrected chi connectivity index (χ1v) is 14.1. The van der Waals surface area contributed by atoms with Crippen LogP contribution in [0.1, 0.15) is 92.4 Å². The first-order chi connectivity index (χ1) is 16.1. The molecule has 188 valence electrons. The van der Waals surface area contributed by atoms with Crippen LogP contribution in [-0.4, -0.2) is 13.0 Å². The topological polar surface area (TPSA) is 29.1 Å². The van der Waals surface area contributed by atoms with E-state index in [1.54, 1.807) is 5.57 Å². The number of carbonyl (C=O) groups excluding carboxylic acids is 1. The van der Waals surface area contributed by atoms with Gasteiger partial charge in [-0.25, -0.2) is 0 Å². The Morgan fingerprint density at radius 2 is 2.00 bits per heavy atom. The van der Waals surface area contributed by atoms with Crippen LogP contribution in [0, 0.1) is 45.8 Å². The van der Waals surface area contributed by atoms with Crippen molar-refractivity contribution in [1.29, 1.82) is 0 Å². The van der Waals surface area contributed by atoms with Crippen LogP contribution < -0.4 is 5.32 Å². The van der Waals surface area contributed by atoms with E-state index in [4.69, 9.17) is 6.58 Å². The summed E-state index contributed by atoms with van der Waals surface area (Å²) in [6.45, 7) is 22.3. The zero-order valence-electron chi connectivity index (χ0n) is 22.6. The summed E-state index contributed by atoms with van der Waals surface area (Å²) in [7, 11) is 0. The number of nitrogens with one attached hydrogen (secondary N) is 1. The minimum Gasteiger partial charge on any atom is -0.358 e. The molecule has 0 saturated heterocycles. The molecule has 0 bridgehead atoms. The Labute approximate surface area is 209 Å². The number of hydrogen-bond acceptors (Lipinski definition) is 1. The van der Waals surface area contributed by atoms with Crippen molar-refractivity contribution in [3.8, 4) is 0 Å². The molecule has 1 amide bonds. The molecule has 8 unspecified atom stereocenters. The van der Waals surface area contributed by atoms with Gasteiger partial charge in [0.05, 0.1) is 0 Å². The lowest BCUT2D eigenvalue weighted by atomic mass is 9.40. The van der Waals surface area contributed by atoms with E-state index in [0.717, 1.165) is 31.2 Å². The quantitative estimate of drug-likeness (QED) is 0.220. The molecule has 34 heavy (non-hydrogen) atoms. The second-order valence-electron chi connectivity index (χ2n) is 12.9. The van der Waals surface area contributed by atoms with Crippen LogP contribution in [0.25, 0.3) is 0 Å². The summed E-state index contributed by atoms with van der Waals surface area (Å²) in [4.78, 5) is 11.0. The molecule has 4 aliphatic rings. The van der Waals surface area contributed by atoms with Gasteiger partial charge in [-0.05, 0) is 90.9 Å². The molecule has 0 heterocycles. The largest absolute Gasteiger partial charge is 0.358 e. The molecular weight excluding hydrogens is 414 g/mol. The number of fused-ring (bicyclic) bond motifs is 3. The summed E-state index contributed by atoms with van der Waals surface area (Å²) in [6, 6.07) is 0. The lowest BCUT2D eigenvalue weighted by Crippen LogP contribution is -2.57. The standard InChI is InChI=1S/C32H49NO/c1-8-9-26-13-16-32(20-26,24(4)14-17-33-21-34)31(7)19-23(3)29-28(25(31)5)11-10-27-18-22(2)12-15-30(27,29)6/h12,15,18,21,23,25-26,28-29H,2,4,8-11,13-14,16-17,19-20H2,1,3,5-7H3,(H,33,34). The highest BCUT2D eigenvalue weighted by Gasteiger charge is 2.62. The number of hydrogen-bond donors (Lipinski definition) is 1. The smallest absolute Gasteiger partial charge is 0.207 e. The molecule has 0 spiro atoms. The van der Waals surface area contributed by atoms with Crippen LogP contribution in [0.5, 0.6) is 0 Å². The van der Waals surface area contributed by atoms with Gasteiger partial charge in [0.25, 0.3) is 0 Å². The van der Waals surface area contributed by atoms with E-state index < -0.39 is 0 Å². The Morgan fingerprint density at radius 3 is 2.71 bits per heavy atom. The SMILES string of the molecule is C=C1C=CC2(C)C(=C1)CCC1C2C(C)CC(C)(C2(C(=C)CCNC=O)CCC(CCC)C2)C1C. The number of rotatable bonds is 8. The first-order valence-electron chi connectivity index (χ1n) is 14.1. The third kappa shape index (κ3) is 3.88.